The summed E-state index contributed by atoms with van der Waals surface area (Å²) in [6, 6.07) is 4.70. The molecule has 0 unspecified atom stereocenters. The third-order valence-electron chi connectivity index (χ3n) is 1.33. The molecule has 0 saturated heterocycles. The number of aromatic carboxylic acids is 1. The number of nitrogens with zero attached hydrogens (tertiary/aromatic N) is 1. The Hall–Kier alpha value is -1.02. The Bertz CT molecular complexity index is 334. The number of hydrogen-bond acceptors (Lipinski definition) is 4. The second-order valence-corrected chi connectivity index (χ2v) is 4.82. The van der Waals surface area contributed by atoms with Crippen molar-refractivity contribution in [3.8, 4) is 0 Å². The van der Waals surface area contributed by atoms with Crippen molar-refractivity contribution in [2.24, 2.45) is 0 Å². The minimum Gasteiger partial charge on any atom is -0.582 e. The molecule has 1 N–H and O–H groups in total. The Morgan fingerprint density at radius 1 is 1.31 bits per heavy atom. The van der Waals surface area contributed by atoms with Gasteiger partial charge in [0.05, 0.1) is 10.5 Å². The van der Waals surface area contributed by atoms with Gasteiger partial charge < -0.3 is 9.66 Å². The molecule has 1 aromatic carbocycles. The molecule has 0 heterocycles. The van der Waals surface area contributed by atoms with Crippen molar-refractivity contribution in [3.05, 3.63) is 39.9 Å². The molecule has 0 fully saturated rings. The van der Waals surface area contributed by atoms with Crippen LogP contribution >= 0.6 is 21.4 Å². The van der Waals surface area contributed by atoms with Gasteiger partial charge in [0.2, 0.25) is 0 Å². The highest BCUT2D eigenvalue weighted by Gasteiger charge is 2.06. The summed E-state index contributed by atoms with van der Waals surface area (Å²) in [6.07, 6.45) is 0. The molecule has 0 aliphatic carbocycles. The largest absolute Gasteiger partial charge is 0.582 e. The lowest BCUT2D eigenvalue weighted by atomic mass is 10.2. The van der Waals surface area contributed by atoms with Crippen molar-refractivity contribution in [2.75, 3.05) is 0 Å². The van der Waals surface area contributed by atoms with E-state index in [-0.39, 0.29) is 11.3 Å². The van der Waals surface area contributed by atoms with E-state index in [0.29, 0.717) is 0 Å². The van der Waals surface area contributed by atoms with E-state index in [1.165, 1.54) is 12.1 Å². The summed E-state index contributed by atoms with van der Waals surface area (Å²) in [4.78, 5) is 19.9. The number of carboxylic acid groups (broad SMARTS) is 1. The predicted octanol–water partition coefficient (Wildman–Crippen LogP) is 2.34. The Labute approximate surface area is 102 Å². The first kappa shape index (κ1) is 15.0. The summed E-state index contributed by atoms with van der Waals surface area (Å²) in [5.74, 6) is -1.09. The van der Waals surface area contributed by atoms with Gasteiger partial charge in [-0.15, -0.1) is 0 Å². The molecule has 0 aliphatic rings. The fourth-order valence-electron chi connectivity index (χ4n) is 0.726. The van der Waals surface area contributed by atoms with Crippen LogP contribution in [0.25, 0.3) is 0 Å². The van der Waals surface area contributed by atoms with Crippen LogP contribution in [0.2, 0.25) is 0 Å². The molecule has 0 aromatic heterocycles. The lowest BCUT2D eigenvalue weighted by Crippen LogP contribution is -1.96. The molecular weight excluding hydrogens is 281 g/mol. The van der Waals surface area contributed by atoms with E-state index in [4.69, 9.17) is 9.66 Å². The molecule has 0 saturated carbocycles. The van der Waals surface area contributed by atoms with Crippen molar-refractivity contribution in [1.29, 1.82) is 0 Å². The number of nitro benzene ring substituents is 1. The summed E-state index contributed by atoms with van der Waals surface area (Å²) in [5.41, 5.74) is -0.0689. The Morgan fingerprint density at radius 3 is 1.94 bits per heavy atom. The van der Waals surface area contributed by atoms with Gasteiger partial charge in [-0.05, 0) is 12.1 Å². The van der Waals surface area contributed by atoms with Gasteiger partial charge in [0, 0.05) is 12.1 Å². The highest BCUT2D eigenvalue weighted by molar-refractivity contribution is 8.31. The molecule has 1 aromatic rings. The van der Waals surface area contributed by atoms with Gasteiger partial charge >= 0.3 is 5.97 Å². The molecule has 0 radical (unpaired) electrons. The molecule has 0 aliphatic heterocycles. The maximum absolute atomic E-state index is 10.3. The van der Waals surface area contributed by atoms with Crippen LogP contribution in [0, 0.1) is 10.1 Å². The second-order valence-electron chi connectivity index (χ2n) is 2.29. The van der Waals surface area contributed by atoms with Crippen LogP contribution < -0.4 is 0 Å². The Balaban J connectivity index is 0.000000487. The molecule has 0 bridgehead atoms. The standard InChI is InChI=1S/C7H5NO4.Cl2OS/c9-7(10)5-1-3-6(4-2-5)8(11)12;1-4(2)3/h1-4H,(H,9,10);. The number of nitro groups is 1. The lowest BCUT2D eigenvalue weighted by molar-refractivity contribution is -0.384. The van der Waals surface area contributed by atoms with E-state index >= 15 is 0 Å². The van der Waals surface area contributed by atoms with Crippen molar-refractivity contribution in [3.63, 3.8) is 0 Å². The van der Waals surface area contributed by atoms with Crippen molar-refractivity contribution < 1.29 is 19.4 Å². The fraction of sp³-hybridized carbons (Fsp3) is 0. The van der Waals surface area contributed by atoms with Crippen LogP contribution in [-0.2, 0) is 9.60 Å². The minimum absolute atomic E-state index is 0.0422. The van der Waals surface area contributed by atoms with E-state index in [1.54, 1.807) is 0 Å². The van der Waals surface area contributed by atoms with Crippen molar-refractivity contribution in [1.82, 2.24) is 0 Å². The van der Waals surface area contributed by atoms with Crippen LogP contribution in [0.4, 0.5) is 5.69 Å². The monoisotopic (exact) mass is 285 g/mol. The van der Waals surface area contributed by atoms with Gasteiger partial charge in [-0.3, -0.25) is 10.1 Å². The van der Waals surface area contributed by atoms with Crippen molar-refractivity contribution in [2.45, 2.75) is 0 Å². The first-order valence-corrected chi connectivity index (χ1v) is 6.37. The Kier molecular flexibility index (Phi) is 6.82. The van der Waals surface area contributed by atoms with Crippen LogP contribution in [0.1, 0.15) is 10.4 Å². The summed E-state index contributed by atoms with van der Waals surface area (Å²) < 4.78 is 9.09. The predicted molar refractivity (Wildman–Crippen MR) is 59.9 cm³/mol. The van der Waals surface area contributed by atoms with Crippen LogP contribution in [0.15, 0.2) is 24.3 Å². The van der Waals surface area contributed by atoms with Gasteiger partial charge in [0.1, 0.15) is 0 Å². The van der Waals surface area contributed by atoms with Crippen LogP contribution in [0.3, 0.4) is 0 Å². The number of halogens is 2. The topological polar surface area (TPSA) is 104 Å². The van der Waals surface area contributed by atoms with E-state index < -0.39 is 20.5 Å². The average molecular weight is 286 g/mol. The van der Waals surface area contributed by atoms with E-state index in [1.807, 2.05) is 0 Å². The SMILES string of the molecule is O=C(O)c1ccc([N+](=O)[O-])cc1.[O-][S+](Cl)Cl. The zero-order chi connectivity index (χ0) is 12.7. The zero-order valence-corrected chi connectivity index (χ0v) is 9.83. The molecule has 1 rings (SSSR count). The van der Waals surface area contributed by atoms with E-state index in [2.05, 4.69) is 21.4 Å². The normalized spacial score (nSPS) is 9.25. The number of hydrogen-bond donors (Lipinski definition) is 1. The lowest BCUT2D eigenvalue weighted by Gasteiger charge is -1.92. The van der Waals surface area contributed by atoms with Gasteiger partial charge in [0.25, 0.3) is 5.69 Å². The van der Waals surface area contributed by atoms with Gasteiger partial charge in [-0.2, -0.15) is 0 Å². The molecule has 0 amide bonds. The average Bonchev–Trinajstić information content (AvgIpc) is 2.17. The second kappa shape index (κ2) is 7.29. The first-order valence-electron chi connectivity index (χ1n) is 3.56. The number of benzene rings is 1. The molecule has 0 atom stereocenters. The first-order chi connectivity index (χ1) is 7.34. The third kappa shape index (κ3) is 6.46. The van der Waals surface area contributed by atoms with Gasteiger partial charge in [-0.25, -0.2) is 4.79 Å². The fourth-order valence-corrected chi connectivity index (χ4v) is 0.726. The zero-order valence-electron chi connectivity index (χ0n) is 7.50. The molecule has 6 nitrogen and oxygen atoms in total. The third-order valence-corrected chi connectivity index (χ3v) is 1.33. The van der Waals surface area contributed by atoms with E-state index in [9.17, 15) is 14.9 Å². The van der Waals surface area contributed by atoms with Gasteiger partial charge in [-0.1, -0.05) is 0 Å². The number of non-ortho nitro benzene ring substituents is 1. The van der Waals surface area contributed by atoms with Gasteiger partial charge in [0.15, 0.2) is 31.0 Å². The van der Waals surface area contributed by atoms with Crippen LogP contribution in [0.5, 0.6) is 0 Å². The quantitative estimate of drug-likeness (QED) is 0.510. The molecule has 16 heavy (non-hydrogen) atoms. The highest BCUT2D eigenvalue weighted by atomic mass is 36.0. The molecule has 88 valence electrons. The molecule has 9 heteroatoms. The Morgan fingerprint density at radius 2 is 1.69 bits per heavy atom. The van der Waals surface area contributed by atoms with Crippen LogP contribution in [-0.4, -0.2) is 20.6 Å². The summed E-state index contributed by atoms with van der Waals surface area (Å²) in [6.45, 7) is 0. The number of carboxylic acids is 1. The van der Waals surface area contributed by atoms with Crippen molar-refractivity contribution >= 4 is 42.6 Å². The highest BCUT2D eigenvalue weighted by Crippen LogP contribution is 2.11. The molecular formula is C7H5Cl2NO5S. The maximum atomic E-state index is 10.3. The van der Waals surface area contributed by atoms with E-state index in [0.717, 1.165) is 12.1 Å². The summed E-state index contributed by atoms with van der Waals surface area (Å²) >= 11 is 0. The molecule has 0 spiro atoms. The minimum atomic E-state index is -1.67. The summed E-state index contributed by atoms with van der Waals surface area (Å²) in [5, 5.41) is 18.6. The maximum Gasteiger partial charge on any atom is 0.335 e. The number of carbonyl (C=O) groups is 1. The number of rotatable bonds is 2. The smallest absolute Gasteiger partial charge is 0.335 e. The summed E-state index contributed by atoms with van der Waals surface area (Å²) in [7, 11) is 7.36.